The Kier molecular flexibility index (Phi) is 6.08. The van der Waals surface area contributed by atoms with E-state index in [1.165, 1.54) is 23.0 Å². The molecule has 3 aromatic rings. The van der Waals surface area contributed by atoms with Crippen LogP contribution in [0.25, 0.3) is 11.8 Å². The Morgan fingerprint density at radius 1 is 1.10 bits per heavy atom. The van der Waals surface area contributed by atoms with Crippen LogP contribution in [0.3, 0.4) is 0 Å². The number of aryl methyl sites for hydroxylation is 2. The Balaban J connectivity index is 1.69. The van der Waals surface area contributed by atoms with E-state index in [1.807, 2.05) is 18.2 Å². The number of hydrogen-bond donors (Lipinski definition) is 0. The van der Waals surface area contributed by atoms with Crippen molar-refractivity contribution in [2.45, 2.75) is 27.2 Å². The molecule has 1 aromatic heterocycles. The number of para-hydroxylation sites is 1. The van der Waals surface area contributed by atoms with Crippen LogP contribution >= 0.6 is 23.4 Å². The molecule has 2 aromatic carbocycles. The molecule has 0 N–H and O–H groups in total. The fourth-order valence-electron chi connectivity index (χ4n) is 3.75. The molecule has 0 radical (unpaired) electrons. The molecule has 4 nitrogen and oxygen atoms in total. The van der Waals surface area contributed by atoms with Gasteiger partial charge in [-0.25, -0.2) is 4.99 Å². The fourth-order valence-corrected chi connectivity index (χ4v) is 4.86. The highest BCUT2D eigenvalue weighted by molar-refractivity contribution is 8.18. The second-order valence-electron chi connectivity index (χ2n) is 7.49. The number of benzene rings is 2. The van der Waals surface area contributed by atoms with Gasteiger partial charge in [0.1, 0.15) is 0 Å². The molecule has 6 heteroatoms. The Morgan fingerprint density at radius 2 is 1.81 bits per heavy atom. The third-order valence-corrected chi connectivity index (χ3v) is 6.74. The van der Waals surface area contributed by atoms with E-state index >= 15 is 0 Å². The van der Waals surface area contributed by atoms with E-state index in [-0.39, 0.29) is 5.91 Å². The van der Waals surface area contributed by atoms with Crippen LogP contribution < -0.4 is 0 Å². The number of rotatable bonds is 4. The highest BCUT2D eigenvalue weighted by Gasteiger charge is 2.30. The monoisotopic (exact) mass is 449 g/mol. The van der Waals surface area contributed by atoms with Gasteiger partial charge >= 0.3 is 0 Å². The summed E-state index contributed by atoms with van der Waals surface area (Å²) in [5, 5.41) is 1.32. The first-order chi connectivity index (χ1) is 14.9. The Bertz CT molecular complexity index is 1210. The van der Waals surface area contributed by atoms with Crippen LogP contribution in [-0.2, 0) is 11.2 Å². The number of nitrogens with zero attached hydrogens (tertiary/aromatic N) is 3. The molecular formula is C25H24ClN3OS. The Morgan fingerprint density at radius 3 is 2.52 bits per heavy atom. The van der Waals surface area contributed by atoms with E-state index in [9.17, 15) is 4.79 Å². The highest BCUT2D eigenvalue weighted by Crippen LogP contribution is 2.35. The predicted molar refractivity (Wildman–Crippen MR) is 132 cm³/mol. The van der Waals surface area contributed by atoms with E-state index in [0.717, 1.165) is 29.1 Å². The number of aromatic nitrogens is 1. The Labute approximate surface area is 192 Å². The molecule has 0 spiro atoms. The molecule has 0 saturated carbocycles. The lowest BCUT2D eigenvalue weighted by molar-refractivity contribution is -0.121. The number of halogens is 1. The van der Waals surface area contributed by atoms with Crippen LogP contribution in [0, 0.1) is 13.8 Å². The lowest BCUT2D eigenvalue weighted by atomic mass is 10.1. The molecule has 1 amide bonds. The smallest absolute Gasteiger partial charge is 0.266 e. The summed E-state index contributed by atoms with van der Waals surface area (Å²) in [4.78, 5) is 19.7. The molecular weight excluding hydrogens is 426 g/mol. The number of likely N-dealkylation sites (N-methyl/N-ethyl adjacent to an activating group) is 1. The van der Waals surface area contributed by atoms with Crippen molar-refractivity contribution < 1.29 is 4.79 Å². The van der Waals surface area contributed by atoms with Crippen LogP contribution in [0.2, 0.25) is 5.02 Å². The third kappa shape index (κ3) is 4.21. The maximum Gasteiger partial charge on any atom is 0.266 e. The summed E-state index contributed by atoms with van der Waals surface area (Å²) in [5.74, 6) is -0.0449. The van der Waals surface area contributed by atoms with Crippen LogP contribution in [0.15, 0.2) is 64.5 Å². The van der Waals surface area contributed by atoms with Crippen molar-refractivity contribution in [2.75, 3.05) is 7.05 Å². The van der Waals surface area contributed by atoms with Crippen molar-refractivity contribution in [2.24, 2.45) is 4.99 Å². The molecule has 0 atom stereocenters. The largest absolute Gasteiger partial charge is 0.318 e. The average Bonchev–Trinajstić information content (AvgIpc) is 3.19. The van der Waals surface area contributed by atoms with Crippen molar-refractivity contribution in [3.8, 4) is 5.69 Å². The predicted octanol–water partition coefficient (Wildman–Crippen LogP) is 6.54. The topological polar surface area (TPSA) is 37.6 Å². The number of amidine groups is 1. The van der Waals surface area contributed by atoms with Crippen molar-refractivity contribution in [1.29, 1.82) is 0 Å². The molecule has 1 saturated heterocycles. The normalized spacial score (nSPS) is 16.7. The van der Waals surface area contributed by atoms with E-state index in [1.54, 1.807) is 24.1 Å². The first-order valence-corrected chi connectivity index (χ1v) is 11.4. The summed E-state index contributed by atoms with van der Waals surface area (Å²) in [6.07, 6.45) is 2.94. The quantitative estimate of drug-likeness (QED) is 0.424. The number of aliphatic imine (C=N–C) groups is 1. The van der Waals surface area contributed by atoms with Crippen molar-refractivity contribution >= 4 is 46.2 Å². The van der Waals surface area contributed by atoms with Gasteiger partial charge in [-0.05, 0) is 85.6 Å². The van der Waals surface area contributed by atoms with Gasteiger partial charge in [-0.3, -0.25) is 9.69 Å². The van der Waals surface area contributed by atoms with E-state index in [4.69, 9.17) is 11.6 Å². The number of thioether (sulfide) groups is 1. The summed E-state index contributed by atoms with van der Waals surface area (Å²) in [7, 11) is 1.76. The maximum atomic E-state index is 12.9. The van der Waals surface area contributed by atoms with E-state index in [2.05, 4.69) is 60.7 Å². The molecule has 31 heavy (non-hydrogen) atoms. The van der Waals surface area contributed by atoms with Crippen molar-refractivity contribution in [1.82, 2.24) is 9.47 Å². The van der Waals surface area contributed by atoms with Gasteiger partial charge in [-0.1, -0.05) is 36.7 Å². The zero-order valence-electron chi connectivity index (χ0n) is 18.0. The van der Waals surface area contributed by atoms with Crippen LogP contribution in [0.1, 0.15) is 29.4 Å². The van der Waals surface area contributed by atoms with E-state index < -0.39 is 0 Å². The second kappa shape index (κ2) is 8.77. The molecule has 1 fully saturated rings. The van der Waals surface area contributed by atoms with Crippen LogP contribution in [-0.4, -0.2) is 27.6 Å². The van der Waals surface area contributed by atoms with Gasteiger partial charge in [-0.2, -0.15) is 0 Å². The third-order valence-electron chi connectivity index (χ3n) is 5.43. The van der Waals surface area contributed by atoms with Gasteiger partial charge in [0.25, 0.3) is 5.91 Å². The fraction of sp³-hybridized carbons (Fsp3) is 0.200. The zero-order chi connectivity index (χ0) is 22.1. The van der Waals surface area contributed by atoms with E-state index in [0.29, 0.717) is 15.1 Å². The summed E-state index contributed by atoms with van der Waals surface area (Å²) in [6, 6.07) is 17.9. The summed E-state index contributed by atoms with van der Waals surface area (Å²) < 4.78 is 2.27. The zero-order valence-corrected chi connectivity index (χ0v) is 19.6. The number of carbonyl (C=O) groups excluding carboxylic acids is 1. The van der Waals surface area contributed by atoms with Gasteiger partial charge in [0.05, 0.1) is 10.6 Å². The minimum absolute atomic E-state index is 0.0449. The highest BCUT2D eigenvalue weighted by atomic mass is 35.5. The maximum absolute atomic E-state index is 12.9. The summed E-state index contributed by atoms with van der Waals surface area (Å²) >= 11 is 7.35. The van der Waals surface area contributed by atoms with Crippen molar-refractivity contribution in [3.63, 3.8) is 0 Å². The minimum Gasteiger partial charge on any atom is -0.318 e. The first kappa shape index (κ1) is 21.5. The molecule has 4 rings (SSSR count). The van der Waals surface area contributed by atoms with Gasteiger partial charge in [0.2, 0.25) is 0 Å². The first-order valence-electron chi connectivity index (χ1n) is 10.2. The molecule has 0 aliphatic carbocycles. The summed E-state index contributed by atoms with van der Waals surface area (Å²) in [5.41, 5.74) is 6.56. The second-order valence-corrected chi connectivity index (χ2v) is 8.94. The molecule has 158 valence electrons. The summed E-state index contributed by atoms with van der Waals surface area (Å²) in [6.45, 7) is 6.37. The molecule has 0 unspecified atom stereocenters. The number of carbonyl (C=O) groups is 1. The average molecular weight is 450 g/mol. The SMILES string of the molecule is CCc1ccccc1-n1c(C)cc(/C=C2\SC(=Nc3ccc(Cl)cc3)N(C)C2=O)c1C. The number of amides is 1. The standard InChI is InChI=1S/C25H24ClN3OS/c1-5-18-8-6-7-9-22(18)29-16(2)14-19(17(29)3)15-23-24(30)28(4)25(31-23)27-21-12-10-20(26)11-13-21/h6-15H,5H2,1-4H3/b23-15-,27-25?. The van der Waals surface area contributed by atoms with Crippen molar-refractivity contribution in [3.05, 3.63) is 87.0 Å². The number of hydrogen-bond acceptors (Lipinski definition) is 3. The van der Waals surface area contributed by atoms with Gasteiger partial charge in [-0.15, -0.1) is 0 Å². The molecule has 1 aliphatic rings. The van der Waals surface area contributed by atoms with Gasteiger partial charge < -0.3 is 4.57 Å². The minimum atomic E-state index is -0.0449. The Hall–Kier alpha value is -2.76. The lowest BCUT2D eigenvalue weighted by Crippen LogP contribution is -2.23. The lowest BCUT2D eigenvalue weighted by Gasteiger charge is -2.14. The van der Waals surface area contributed by atoms with Gasteiger partial charge in [0.15, 0.2) is 5.17 Å². The van der Waals surface area contributed by atoms with Crippen LogP contribution in [0.5, 0.6) is 0 Å². The molecule has 0 bridgehead atoms. The molecule has 1 aliphatic heterocycles. The van der Waals surface area contributed by atoms with Gasteiger partial charge in [0, 0.05) is 29.1 Å². The molecule has 2 heterocycles. The van der Waals surface area contributed by atoms with Crippen LogP contribution in [0.4, 0.5) is 5.69 Å².